The van der Waals surface area contributed by atoms with Crippen LogP contribution >= 0.6 is 36.2 Å². The molecule has 0 bridgehead atoms. The van der Waals surface area contributed by atoms with Gasteiger partial charge in [0.15, 0.2) is 0 Å². The van der Waals surface area contributed by atoms with Crippen molar-refractivity contribution >= 4 is 42.1 Å². The summed E-state index contributed by atoms with van der Waals surface area (Å²) in [5.41, 5.74) is 4.48. The third-order valence-electron chi connectivity index (χ3n) is 3.60. The highest BCUT2D eigenvalue weighted by Crippen LogP contribution is 2.21. The van der Waals surface area contributed by atoms with E-state index in [-0.39, 0.29) is 36.8 Å². The number of aromatic nitrogens is 1. The van der Waals surface area contributed by atoms with Gasteiger partial charge in [-0.05, 0) is 19.1 Å². The molecular formula is C15H19Cl2N3OS. The quantitative estimate of drug-likeness (QED) is 0.895. The second kappa shape index (κ2) is 8.48. The fourth-order valence-electron chi connectivity index (χ4n) is 2.48. The fourth-order valence-corrected chi connectivity index (χ4v) is 3.04. The number of rotatable bonds is 2. The number of carbonyl (C=O) groups is 1. The number of amides is 1. The van der Waals surface area contributed by atoms with E-state index in [1.807, 2.05) is 40.1 Å². The zero-order chi connectivity index (χ0) is 13.9. The van der Waals surface area contributed by atoms with E-state index in [0.717, 1.165) is 36.5 Å². The molecule has 1 N–H and O–H groups in total. The van der Waals surface area contributed by atoms with E-state index in [1.165, 1.54) is 0 Å². The molecule has 3 rings (SSSR count). The highest BCUT2D eigenvalue weighted by Gasteiger charge is 2.24. The van der Waals surface area contributed by atoms with Crippen LogP contribution in [-0.2, 0) is 0 Å². The van der Waals surface area contributed by atoms with Crippen molar-refractivity contribution in [3.8, 4) is 11.3 Å². The second-order valence-electron chi connectivity index (χ2n) is 5.01. The van der Waals surface area contributed by atoms with Crippen LogP contribution in [0.25, 0.3) is 11.3 Å². The van der Waals surface area contributed by atoms with Gasteiger partial charge in [0.05, 0.1) is 11.2 Å². The number of carbonyl (C=O) groups excluding carboxylic acids is 1. The summed E-state index contributed by atoms with van der Waals surface area (Å²) in [6.07, 6.45) is 0. The van der Waals surface area contributed by atoms with Crippen molar-refractivity contribution in [2.45, 2.75) is 13.0 Å². The van der Waals surface area contributed by atoms with Crippen molar-refractivity contribution in [2.75, 3.05) is 19.6 Å². The molecule has 1 aliphatic heterocycles. The van der Waals surface area contributed by atoms with E-state index >= 15 is 0 Å². The Kier molecular flexibility index (Phi) is 7.29. The molecule has 0 saturated carbocycles. The summed E-state index contributed by atoms with van der Waals surface area (Å²) in [4.78, 5) is 18.9. The fraction of sp³-hybridized carbons (Fsp3) is 0.333. The molecule has 1 aromatic heterocycles. The molecule has 4 nitrogen and oxygen atoms in total. The second-order valence-corrected chi connectivity index (χ2v) is 5.72. The minimum absolute atomic E-state index is 0. The first-order valence-electron chi connectivity index (χ1n) is 6.76. The van der Waals surface area contributed by atoms with Gasteiger partial charge in [-0.15, -0.1) is 36.2 Å². The van der Waals surface area contributed by atoms with Crippen molar-refractivity contribution in [3.63, 3.8) is 0 Å². The molecule has 22 heavy (non-hydrogen) atoms. The van der Waals surface area contributed by atoms with Crippen LogP contribution in [0.3, 0.4) is 0 Å². The molecular weight excluding hydrogens is 341 g/mol. The van der Waals surface area contributed by atoms with E-state index in [9.17, 15) is 4.79 Å². The molecule has 2 aromatic rings. The minimum atomic E-state index is 0. The van der Waals surface area contributed by atoms with E-state index in [2.05, 4.69) is 17.2 Å². The Hall–Kier alpha value is -1.14. The molecule has 1 saturated heterocycles. The maximum Gasteiger partial charge on any atom is 0.254 e. The smallest absolute Gasteiger partial charge is 0.254 e. The van der Waals surface area contributed by atoms with E-state index in [4.69, 9.17) is 0 Å². The molecule has 1 aromatic carbocycles. The van der Waals surface area contributed by atoms with Gasteiger partial charge < -0.3 is 10.2 Å². The zero-order valence-electron chi connectivity index (χ0n) is 12.2. The van der Waals surface area contributed by atoms with Crippen LogP contribution in [0.5, 0.6) is 0 Å². The van der Waals surface area contributed by atoms with E-state index < -0.39 is 0 Å². The number of nitrogens with one attached hydrogen (secondary N) is 1. The number of thiazole rings is 1. The Morgan fingerprint density at radius 3 is 2.91 bits per heavy atom. The first-order valence-corrected chi connectivity index (χ1v) is 7.70. The third kappa shape index (κ3) is 3.98. The lowest BCUT2D eigenvalue weighted by molar-refractivity contribution is 0.0656. The van der Waals surface area contributed by atoms with Crippen LogP contribution in [-0.4, -0.2) is 41.5 Å². The van der Waals surface area contributed by atoms with Crippen LogP contribution in [0.4, 0.5) is 0 Å². The standard InChI is InChI=1S/C15H17N3OS.2ClH/c1-11-8-16-5-6-18(11)15(19)13-4-2-3-12(7-13)14-9-20-10-17-14;;/h2-4,7,9-11,16H,5-6,8H2,1H3;2*1H/t11-;;/m0../s1. The monoisotopic (exact) mass is 359 g/mol. The summed E-state index contributed by atoms with van der Waals surface area (Å²) < 4.78 is 0. The van der Waals surface area contributed by atoms with Gasteiger partial charge in [-0.2, -0.15) is 0 Å². The average molecular weight is 360 g/mol. The molecule has 1 atom stereocenters. The van der Waals surface area contributed by atoms with Crippen molar-refractivity contribution in [3.05, 3.63) is 40.7 Å². The number of hydrogen-bond acceptors (Lipinski definition) is 4. The Morgan fingerprint density at radius 1 is 1.41 bits per heavy atom. The maximum atomic E-state index is 12.6. The van der Waals surface area contributed by atoms with Gasteiger partial charge in [-0.1, -0.05) is 12.1 Å². The Morgan fingerprint density at radius 2 is 2.23 bits per heavy atom. The van der Waals surface area contributed by atoms with Crippen LogP contribution in [0.15, 0.2) is 35.2 Å². The maximum absolute atomic E-state index is 12.6. The summed E-state index contributed by atoms with van der Waals surface area (Å²) in [5, 5.41) is 5.30. The zero-order valence-corrected chi connectivity index (χ0v) is 14.6. The molecule has 0 aliphatic carbocycles. The van der Waals surface area contributed by atoms with Gasteiger partial charge in [0.2, 0.25) is 0 Å². The third-order valence-corrected chi connectivity index (χ3v) is 4.19. The van der Waals surface area contributed by atoms with Crippen molar-refractivity contribution in [2.24, 2.45) is 0 Å². The number of piperazine rings is 1. The highest BCUT2D eigenvalue weighted by molar-refractivity contribution is 7.07. The Labute approximate surface area is 146 Å². The van der Waals surface area contributed by atoms with Crippen LogP contribution < -0.4 is 5.32 Å². The predicted molar refractivity (Wildman–Crippen MR) is 95.4 cm³/mol. The lowest BCUT2D eigenvalue weighted by Gasteiger charge is -2.34. The van der Waals surface area contributed by atoms with Gasteiger partial charge in [-0.25, -0.2) is 4.98 Å². The highest BCUT2D eigenvalue weighted by atomic mass is 35.5. The largest absolute Gasteiger partial charge is 0.333 e. The summed E-state index contributed by atoms with van der Waals surface area (Å²) >= 11 is 1.56. The molecule has 0 spiro atoms. The van der Waals surface area contributed by atoms with Crippen molar-refractivity contribution in [1.82, 2.24) is 15.2 Å². The van der Waals surface area contributed by atoms with Crippen LogP contribution in [0.2, 0.25) is 0 Å². The van der Waals surface area contributed by atoms with Crippen molar-refractivity contribution in [1.29, 1.82) is 0 Å². The molecule has 1 aliphatic rings. The number of benzene rings is 1. The molecule has 7 heteroatoms. The normalized spacial score (nSPS) is 17.3. The lowest BCUT2D eigenvalue weighted by atomic mass is 10.1. The SMILES string of the molecule is C[C@H]1CNCCN1C(=O)c1cccc(-c2cscn2)c1.Cl.Cl. The number of halogens is 2. The van der Waals surface area contributed by atoms with Gasteiger partial charge in [0, 0.05) is 42.2 Å². The summed E-state index contributed by atoms with van der Waals surface area (Å²) in [5.74, 6) is 0.107. The van der Waals surface area contributed by atoms with E-state index in [0.29, 0.717) is 0 Å². The Balaban J connectivity index is 0.00000121. The van der Waals surface area contributed by atoms with Gasteiger partial charge in [0.25, 0.3) is 5.91 Å². The lowest BCUT2D eigenvalue weighted by Crippen LogP contribution is -2.52. The average Bonchev–Trinajstić information content (AvgIpc) is 3.01. The molecule has 2 heterocycles. The summed E-state index contributed by atoms with van der Waals surface area (Å²) in [7, 11) is 0. The molecule has 0 radical (unpaired) electrons. The molecule has 1 amide bonds. The number of nitrogens with zero attached hydrogens (tertiary/aromatic N) is 2. The van der Waals surface area contributed by atoms with E-state index in [1.54, 1.807) is 11.3 Å². The first-order chi connectivity index (χ1) is 9.75. The molecule has 0 unspecified atom stereocenters. The molecule has 1 fully saturated rings. The van der Waals surface area contributed by atoms with Crippen LogP contribution in [0, 0.1) is 0 Å². The predicted octanol–water partition coefficient (Wildman–Crippen LogP) is 3.09. The van der Waals surface area contributed by atoms with Gasteiger partial charge in [-0.3, -0.25) is 4.79 Å². The van der Waals surface area contributed by atoms with Crippen LogP contribution in [0.1, 0.15) is 17.3 Å². The minimum Gasteiger partial charge on any atom is -0.333 e. The molecule has 120 valence electrons. The van der Waals surface area contributed by atoms with Gasteiger partial charge >= 0.3 is 0 Å². The van der Waals surface area contributed by atoms with Crippen molar-refractivity contribution < 1.29 is 4.79 Å². The van der Waals surface area contributed by atoms with Gasteiger partial charge in [0.1, 0.15) is 0 Å². The first kappa shape index (κ1) is 18.9. The topological polar surface area (TPSA) is 45.2 Å². The summed E-state index contributed by atoms with van der Waals surface area (Å²) in [6.45, 7) is 4.56. The number of hydrogen-bond donors (Lipinski definition) is 1. The summed E-state index contributed by atoms with van der Waals surface area (Å²) in [6, 6.07) is 7.97. The Bertz CT molecular complexity index is 607.